The molecule has 0 N–H and O–H groups in total. The highest BCUT2D eigenvalue weighted by atomic mass is 35.5. The molecule has 1 saturated heterocycles. The van der Waals surface area contributed by atoms with Crippen molar-refractivity contribution in [2.45, 2.75) is 44.5 Å². The molecule has 0 amide bonds. The Balaban J connectivity index is 1.96. The number of thioether (sulfide) groups is 1. The predicted octanol–water partition coefficient (Wildman–Crippen LogP) is 5.18. The van der Waals surface area contributed by atoms with Crippen molar-refractivity contribution in [3.05, 3.63) is 34.6 Å². The molecule has 7 heteroatoms. The van der Waals surface area contributed by atoms with Gasteiger partial charge < -0.3 is 4.74 Å². The van der Waals surface area contributed by atoms with Crippen LogP contribution in [0.15, 0.2) is 23.4 Å². The fourth-order valence-corrected chi connectivity index (χ4v) is 4.10. The number of hydrogen-bond donors (Lipinski definition) is 0. The van der Waals surface area contributed by atoms with Gasteiger partial charge in [-0.15, -0.1) is 0 Å². The van der Waals surface area contributed by atoms with Crippen LogP contribution in [-0.4, -0.2) is 32.4 Å². The summed E-state index contributed by atoms with van der Waals surface area (Å²) < 4.78 is 7.86. The molecule has 1 aliphatic heterocycles. The lowest BCUT2D eigenvalue weighted by atomic mass is 10.0. The molecule has 0 aliphatic carbocycles. The van der Waals surface area contributed by atoms with E-state index in [-0.39, 0.29) is 6.23 Å². The second-order valence-electron chi connectivity index (χ2n) is 6.62. The van der Waals surface area contributed by atoms with Crippen LogP contribution in [0.3, 0.4) is 0 Å². The summed E-state index contributed by atoms with van der Waals surface area (Å²) in [5.74, 6) is 0. The maximum Gasteiger partial charge on any atom is 0.207 e. The third-order valence-corrected chi connectivity index (χ3v) is 5.55. The maximum absolute atomic E-state index is 6.52. The molecule has 136 valence electrons. The van der Waals surface area contributed by atoms with E-state index < -0.39 is 0 Å². The molecule has 0 saturated carbocycles. The van der Waals surface area contributed by atoms with Crippen LogP contribution in [0.25, 0.3) is 22.4 Å². The van der Waals surface area contributed by atoms with Crippen LogP contribution in [0, 0.1) is 13.8 Å². The molecule has 1 atom stereocenters. The Kier molecular flexibility index (Phi) is 4.90. The first kappa shape index (κ1) is 17.8. The van der Waals surface area contributed by atoms with Crippen LogP contribution >= 0.6 is 23.4 Å². The van der Waals surface area contributed by atoms with Gasteiger partial charge in [-0.3, -0.25) is 4.57 Å². The zero-order valence-electron chi connectivity index (χ0n) is 15.1. The summed E-state index contributed by atoms with van der Waals surface area (Å²) in [5, 5.41) is 1.12. The highest BCUT2D eigenvalue weighted by Gasteiger charge is 2.25. The molecular formula is C19H21ClN4OS. The van der Waals surface area contributed by atoms with Gasteiger partial charge in [0.2, 0.25) is 5.28 Å². The Morgan fingerprint density at radius 1 is 1.19 bits per heavy atom. The molecule has 3 aromatic rings. The van der Waals surface area contributed by atoms with Crippen molar-refractivity contribution in [3.8, 4) is 11.3 Å². The molecule has 3 heterocycles. The van der Waals surface area contributed by atoms with Crippen LogP contribution in [-0.2, 0) is 4.74 Å². The van der Waals surface area contributed by atoms with Gasteiger partial charge in [-0.25, -0.2) is 15.0 Å². The summed E-state index contributed by atoms with van der Waals surface area (Å²) in [6.45, 7) is 4.93. The Morgan fingerprint density at radius 3 is 2.73 bits per heavy atom. The average molecular weight is 389 g/mol. The lowest BCUT2D eigenvalue weighted by Crippen LogP contribution is -2.18. The van der Waals surface area contributed by atoms with Crippen LogP contribution in [0.1, 0.15) is 36.6 Å². The fourth-order valence-electron chi connectivity index (χ4n) is 3.47. The third-order valence-electron chi connectivity index (χ3n) is 4.74. The van der Waals surface area contributed by atoms with E-state index in [1.807, 2.05) is 10.8 Å². The number of benzene rings is 1. The number of ether oxygens (including phenoxy) is 1. The van der Waals surface area contributed by atoms with Gasteiger partial charge in [0.25, 0.3) is 0 Å². The molecule has 5 nitrogen and oxygen atoms in total. The number of aromatic nitrogens is 4. The first-order valence-corrected chi connectivity index (χ1v) is 10.4. The Bertz CT molecular complexity index is 966. The summed E-state index contributed by atoms with van der Waals surface area (Å²) in [6, 6.07) is 6.35. The van der Waals surface area contributed by atoms with Gasteiger partial charge in [-0.05, 0) is 56.5 Å². The summed E-state index contributed by atoms with van der Waals surface area (Å²) >= 11 is 8.04. The minimum atomic E-state index is -0.113. The first-order chi connectivity index (χ1) is 12.6. The molecular weight excluding hydrogens is 368 g/mol. The fraction of sp³-hybridized carbons (Fsp3) is 0.421. The monoisotopic (exact) mass is 388 g/mol. The van der Waals surface area contributed by atoms with Gasteiger partial charge >= 0.3 is 0 Å². The molecule has 26 heavy (non-hydrogen) atoms. The topological polar surface area (TPSA) is 52.8 Å². The molecule has 1 fully saturated rings. The van der Waals surface area contributed by atoms with Crippen LogP contribution in [0.2, 0.25) is 5.28 Å². The number of rotatable bonds is 3. The molecule has 0 spiro atoms. The average Bonchev–Trinajstić information content (AvgIpc) is 2.97. The van der Waals surface area contributed by atoms with E-state index in [0.717, 1.165) is 53.9 Å². The van der Waals surface area contributed by atoms with Crippen molar-refractivity contribution < 1.29 is 4.74 Å². The number of aryl methyl sites for hydroxylation is 2. The largest absolute Gasteiger partial charge is 0.358 e. The van der Waals surface area contributed by atoms with Crippen molar-refractivity contribution in [2.75, 3.05) is 12.9 Å². The van der Waals surface area contributed by atoms with Crippen molar-refractivity contribution in [1.82, 2.24) is 19.5 Å². The van der Waals surface area contributed by atoms with E-state index in [1.165, 1.54) is 17.3 Å². The number of nitrogens with zero attached hydrogens (tertiary/aromatic N) is 4. The van der Waals surface area contributed by atoms with Crippen molar-refractivity contribution in [2.24, 2.45) is 0 Å². The normalized spacial score (nSPS) is 17.8. The quantitative estimate of drug-likeness (QED) is 0.351. The van der Waals surface area contributed by atoms with Crippen molar-refractivity contribution in [1.29, 1.82) is 0 Å². The van der Waals surface area contributed by atoms with Gasteiger partial charge in [0.1, 0.15) is 17.4 Å². The molecule has 0 bridgehead atoms. The lowest BCUT2D eigenvalue weighted by Gasteiger charge is -2.24. The summed E-state index contributed by atoms with van der Waals surface area (Å²) in [4.78, 5) is 14.1. The molecule has 0 radical (unpaired) electrons. The number of fused-ring (bicyclic) bond motifs is 1. The predicted molar refractivity (Wildman–Crippen MR) is 106 cm³/mol. The Hall–Kier alpha value is -1.63. The summed E-state index contributed by atoms with van der Waals surface area (Å²) in [7, 11) is 0. The van der Waals surface area contributed by atoms with Gasteiger partial charge in [-0.1, -0.05) is 35.5 Å². The molecule has 1 unspecified atom stereocenters. The van der Waals surface area contributed by atoms with Crippen molar-refractivity contribution >= 4 is 34.5 Å². The molecule has 1 aliphatic rings. The van der Waals surface area contributed by atoms with Crippen LogP contribution in [0.5, 0.6) is 0 Å². The molecule has 2 aromatic heterocycles. The van der Waals surface area contributed by atoms with E-state index >= 15 is 0 Å². The van der Waals surface area contributed by atoms with Gasteiger partial charge in [0.05, 0.1) is 0 Å². The van der Waals surface area contributed by atoms with Gasteiger partial charge in [0.15, 0.2) is 10.8 Å². The zero-order chi connectivity index (χ0) is 18.3. The minimum absolute atomic E-state index is 0.113. The summed E-state index contributed by atoms with van der Waals surface area (Å²) in [6.07, 6.45) is 4.98. The van der Waals surface area contributed by atoms with Crippen molar-refractivity contribution in [3.63, 3.8) is 0 Å². The molecule has 4 rings (SSSR count). The van der Waals surface area contributed by atoms with E-state index in [0.29, 0.717) is 10.4 Å². The maximum atomic E-state index is 6.52. The van der Waals surface area contributed by atoms with Gasteiger partial charge in [-0.2, -0.15) is 0 Å². The van der Waals surface area contributed by atoms with Crippen LogP contribution in [0.4, 0.5) is 0 Å². The Morgan fingerprint density at radius 2 is 2.04 bits per heavy atom. The van der Waals surface area contributed by atoms with Crippen LogP contribution < -0.4 is 0 Å². The van der Waals surface area contributed by atoms with E-state index in [9.17, 15) is 0 Å². The highest BCUT2D eigenvalue weighted by Crippen LogP contribution is 2.35. The van der Waals surface area contributed by atoms with Gasteiger partial charge in [0, 0.05) is 12.2 Å². The second kappa shape index (κ2) is 7.18. The van der Waals surface area contributed by atoms with E-state index in [2.05, 4.69) is 37.0 Å². The first-order valence-electron chi connectivity index (χ1n) is 8.77. The minimum Gasteiger partial charge on any atom is -0.358 e. The Labute approximate surface area is 162 Å². The summed E-state index contributed by atoms with van der Waals surface area (Å²) in [5.41, 5.74) is 5.75. The lowest BCUT2D eigenvalue weighted by molar-refractivity contribution is -0.0296. The second-order valence-corrected chi connectivity index (χ2v) is 7.73. The standard InChI is InChI=1S/C19H21ClN4OS/c1-11-7-8-13(12(2)10-11)15-16-17(23-19(22-15)26-3)24(18(20)21-16)14-6-4-5-9-25-14/h7-8,10,14H,4-6,9H2,1-3H3. The SMILES string of the molecule is CSc1nc(-c2ccc(C)cc2C)c2nc(Cl)n(C3CCCCO3)c2n1. The highest BCUT2D eigenvalue weighted by molar-refractivity contribution is 7.98. The van der Waals surface area contributed by atoms with E-state index in [1.54, 1.807) is 0 Å². The number of hydrogen-bond acceptors (Lipinski definition) is 5. The smallest absolute Gasteiger partial charge is 0.207 e. The molecule has 1 aromatic carbocycles. The zero-order valence-corrected chi connectivity index (χ0v) is 16.7. The van der Waals surface area contributed by atoms with E-state index in [4.69, 9.17) is 26.3 Å². The number of halogens is 1. The third kappa shape index (κ3) is 3.10. The number of imidazole rings is 1.